The third-order valence-corrected chi connectivity index (χ3v) is 1.57. The summed E-state index contributed by atoms with van der Waals surface area (Å²) in [6.07, 6.45) is 3.30. The van der Waals surface area contributed by atoms with Crippen molar-refractivity contribution in [1.82, 2.24) is 0 Å². The van der Waals surface area contributed by atoms with Gasteiger partial charge in [-0.15, -0.1) is 0 Å². The zero-order valence-corrected chi connectivity index (χ0v) is 5.01. The molecule has 0 spiro atoms. The van der Waals surface area contributed by atoms with Crippen LogP contribution in [0.5, 0.6) is 0 Å². The first-order valence-electron chi connectivity index (χ1n) is 3.21. The quantitative estimate of drug-likeness (QED) is 0.548. The lowest BCUT2D eigenvalue weighted by Gasteiger charge is -2.03. The molecule has 8 heavy (non-hydrogen) atoms. The Morgan fingerprint density at radius 2 is 2.25 bits per heavy atom. The zero-order chi connectivity index (χ0) is 5.98. The highest BCUT2D eigenvalue weighted by Gasteiger charge is 2.23. The van der Waals surface area contributed by atoms with Gasteiger partial charge in [0.15, 0.2) is 0 Å². The lowest BCUT2D eigenvalue weighted by Crippen LogP contribution is -2.19. The van der Waals surface area contributed by atoms with Gasteiger partial charge < -0.3 is 10.8 Å². The average molecular weight is 115 g/mol. The van der Waals surface area contributed by atoms with E-state index in [9.17, 15) is 0 Å². The molecule has 1 atom stereocenters. The molecule has 0 saturated heterocycles. The number of aliphatic hydroxyl groups is 1. The van der Waals surface area contributed by atoms with Crippen molar-refractivity contribution in [2.45, 2.75) is 25.4 Å². The topological polar surface area (TPSA) is 46.2 Å². The van der Waals surface area contributed by atoms with E-state index in [1.807, 2.05) is 0 Å². The van der Waals surface area contributed by atoms with Crippen LogP contribution in [-0.2, 0) is 0 Å². The number of nitrogens with two attached hydrogens (primary N) is 1. The van der Waals surface area contributed by atoms with Crippen molar-refractivity contribution in [3.63, 3.8) is 0 Å². The maximum absolute atomic E-state index is 8.94. The first kappa shape index (κ1) is 6.05. The van der Waals surface area contributed by atoms with E-state index < -0.39 is 0 Å². The molecule has 1 saturated carbocycles. The Labute approximate surface area is 49.7 Å². The second-order valence-electron chi connectivity index (χ2n) is 2.57. The Morgan fingerprint density at radius 3 is 2.62 bits per heavy atom. The summed E-state index contributed by atoms with van der Waals surface area (Å²) in [5.74, 6) is 0.800. The summed E-state index contributed by atoms with van der Waals surface area (Å²) >= 11 is 0. The van der Waals surface area contributed by atoms with Crippen LogP contribution in [-0.4, -0.2) is 17.8 Å². The van der Waals surface area contributed by atoms with E-state index in [0.717, 1.165) is 12.3 Å². The fourth-order valence-electron chi connectivity index (χ4n) is 0.835. The lowest BCUT2D eigenvalue weighted by molar-refractivity contribution is 0.166. The highest BCUT2D eigenvalue weighted by atomic mass is 16.3. The summed E-state index contributed by atoms with van der Waals surface area (Å²) in [5.41, 5.74) is 5.20. The van der Waals surface area contributed by atoms with Gasteiger partial charge in [0.2, 0.25) is 0 Å². The van der Waals surface area contributed by atoms with Crippen molar-refractivity contribution in [2.24, 2.45) is 11.7 Å². The second kappa shape index (κ2) is 2.46. The molecule has 0 aromatic rings. The minimum Gasteiger partial charge on any atom is -0.392 e. The molecule has 0 radical (unpaired) electrons. The number of hydrogen-bond acceptors (Lipinski definition) is 2. The summed E-state index contributed by atoms with van der Waals surface area (Å²) in [7, 11) is 0. The molecular weight excluding hydrogens is 102 g/mol. The molecule has 0 aliphatic heterocycles. The molecular formula is C6H13NO. The molecule has 0 aromatic heterocycles. The number of hydrogen-bond donors (Lipinski definition) is 2. The molecule has 2 nitrogen and oxygen atoms in total. The molecule has 1 aliphatic rings. The predicted octanol–water partition coefficient (Wildman–Crippen LogP) is 0.106. The van der Waals surface area contributed by atoms with E-state index in [-0.39, 0.29) is 6.10 Å². The summed E-state index contributed by atoms with van der Waals surface area (Å²) in [5, 5.41) is 8.94. The lowest BCUT2D eigenvalue weighted by atomic mass is 10.2. The minimum atomic E-state index is -0.234. The van der Waals surface area contributed by atoms with Gasteiger partial charge in [-0.05, 0) is 12.3 Å². The second-order valence-corrected chi connectivity index (χ2v) is 2.57. The highest BCUT2D eigenvalue weighted by Crippen LogP contribution is 2.33. The first-order chi connectivity index (χ1) is 3.83. The number of rotatable bonds is 3. The van der Waals surface area contributed by atoms with E-state index in [2.05, 4.69) is 0 Å². The first-order valence-corrected chi connectivity index (χ1v) is 3.21. The smallest absolute Gasteiger partial charge is 0.0665 e. The number of aliphatic hydroxyl groups excluding tert-OH is 1. The Bertz CT molecular complexity index is 70.9. The van der Waals surface area contributed by atoms with Gasteiger partial charge in [0.1, 0.15) is 0 Å². The summed E-state index contributed by atoms with van der Waals surface area (Å²) in [6.45, 7) is 0.427. The van der Waals surface area contributed by atoms with Gasteiger partial charge in [0.05, 0.1) is 6.10 Å². The minimum absolute atomic E-state index is 0.234. The molecule has 0 aromatic carbocycles. The van der Waals surface area contributed by atoms with E-state index in [0.29, 0.717) is 6.54 Å². The van der Waals surface area contributed by atoms with Crippen LogP contribution < -0.4 is 5.73 Å². The molecule has 2 heteroatoms. The van der Waals surface area contributed by atoms with Crippen LogP contribution in [0.4, 0.5) is 0 Å². The van der Waals surface area contributed by atoms with Crippen molar-refractivity contribution in [3.05, 3.63) is 0 Å². The monoisotopic (exact) mass is 115 g/mol. The van der Waals surface area contributed by atoms with Gasteiger partial charge >= 0.3 is 0 Å². The largest absolute Gasteiger partial charge is 0.392 e. The van der Waals surface area contributed by atoms with Crippen molar-refractivity contribution in [3.8, 4) is 0 Å². The Morgan fingerprint density at radius 1 is 1.62 bits per heavy atom. The van der Waals surface area contributed by atoms with E-state index >= 15 is 0 Å². The molecule has 1 fully saturated rings. The third kappa shape index (κ3) is 1.80. The van der Waals surface area contributed by atoms with Gasteiger partial charge in [-0.2, -0.15) is 0 Å². The van der Waals surface area contributed by atoms with Crippen LogP contribution >= 0.6 is 0 Å². The van der Waals surface area contributed by atoms with E-state index in [1.54, 1.807) is 0 Å². The molecule has 0 unspecified atom stereocenters. The maximum Gasteiger partial charge on any atom is 0.0665 e. The average Bonchev–Trinajstić information content (AvgIpc) is 2.50. The maximum atomic E-state index is 8.94. The Hall–Kier alpha value is -0.0800. The van der Waals surface area contributed by atoms with Crippen molar-refractivity contribution < 1.29 is 5.11 Å². The van der Waals surface area contributed by atoms with E-state index in [4.69, 9.17) is 10.8 Å². The van der Waals surface area contributed by atoms with Crippen LogP contribution in [0.2, 0.25) is 0 Å². The summed E-state index contributed by atoms with van der Waals surface area (Å²) in [4.78, 5) is 0. The molecule has 3 N–H and O–H groups in total. The van der Waals surface area contributed by atoms with Crippen molar-refractivity contribution in [2.75, 3.05) is 6.54 Å². The van der Waals surface area contributed by atoms with Gasteiger partial charge in [-0.3, -0.25) is 0 Å². The normalized spacial score (nSPS) is 23.2. The molecule has 1 rings (SSSR count). The van der Waals surface area contributed by atoms with Crippen LogP contribution in [0.3, 0.4) is 0 Å². The third-order valence-electron chi connectivity index (χ3n) is 1.57. The molecule has 48 valence electrons. The highest BCUT2D eigenvalue weighted by molar-refractivity contribution is 4.76. The summed E-state index contributed by atoms with van der Waals surface area (Å²) < 4.78 is 0. The predicted molar refractivity (Wildman–Crippen MR) is 32.4 cm³/mol. The fourth-order valence-corrected chi connectivity index (χ4v) is 0.835. The van der Waals surface area contributed by atoms with Crippen molar-refractivity contribution >= 4 is 0 Å². The SMILES string of the molecule is NC[C@@H](O)CC1CC1. The van der Waals surface area contributed by atoms with E-state index in [1.165, 1.54) is 12.8 Å². The molecule has 0 bridgehead atoms. The van der Waals surface area contributed by atoms with Crippen LogP contribution in [0.25, 0.3) is 0 Å². The van der Waals surface area contributed by atoms with Gasteiger partial charge in [-0.1, -0.05) is 12.8 Å². The molecule has 1 aliphatic carbocycles. The Balaban J connectivity index is 1.98. The Kier molecular flexibility index (Phi) is 1.86. The fraction of sp³-hybridized carbons (Fsp3) is 1.00. The molecule has 0 heterocycles. The van der Waals surface area contributed by atoms with Crippen LogP contribution in [0.15, 0.2) is 0 Å². The zero-order valence-electron chi connectivity index (χ0n) is 5.01. The van der Waals surface area contributed by atoms with Gasteiger partial charge in [0, 0.05) is 6.54 Å². The standard InChI is InChI=1S/C6H13NO/c7-4-6(8)3-5-1-2-5/h5-6,8H,1-4,7H2/t6-/m0/s1. The van der Waals surface area contributed by atoms with Gasteiger partial charge in [0.25, 0.3) is 0 Å². The van der Waals surface area contributed by atoms with Crippen LogP contribution in [0.1, 0.15) is 19.3 Å². The van der Waals surface area contributed by atoms with Gasteiger partial charge in [-0.25, -0.2) is 0 Å². The van der Waals surface area contributed by atoms with Crippen molar-refractivity contribution in [1.29, 1.82) is 0 Å². The van der Waals surface area contributed by atoms with Crippen LogP contribution in [0, 0.1) is 5.92 Å². The molecule has 0 amide bonds. The summed E-state index contributed by atoms with van der Waals surface area (Å²) in [6, 6.07) is 0.